The van der Waals surface area contributed by atoms with Gasteiger partial charge in [-0.05, 0) is 52.2 Å². The fourth-order valence-electron chi connectivity index (χ4n) is 1.80. The molecule has 2 aromatic rings. The third-order valence-electron chi connectivity index (χ3n) is 3.03. The molecule has 0 aromatic heterocycles. The molecule has 0 saturated heterocycles. The molecule has 0 bridgehead atoms. The Bertz CT molecular complexity index is 689. The Kier molecular flexibility index (Phi) is 4.80. The Balaban J connectivity index is 2.11. The van der Waals surface area contributed by atoms with Gasteiger partial charge in [-0.2, -0.15) is 0 Å². The molecule has 4 nitrogen and oxygen atoms in total. The molecule has 0 aliphatic rings. The molecule has 0 spiro atoms. The van der Waals surface area contributed by atoms with E-state index in [1.165, 1.54) is 6.07 Å². The maximum absolute atomic E-state index is 13.4. The van der Waals surface area contributed by atoms with E-state index in [0.717, 1.165) is 11.1 Å². The van der Waals surface area contributed by atoms with Crippen molar-refractivity contribution in [1.29, 1.82) is 0 Å². The zero-order chi connectivity index (χ0) is 15.4. The smallest absolute Gasteiger partial charge is 0.170 e. The highest BCUT2D eigenvalue weighted by molar-refractivity contribution is 9.10. The van der Waals surface area contributed by atoms with Gasteiger partial charge in [0.05, 0.1) is 4.47 Å². The summed E-state index contributed by atoms with van der Waals surface area (Å²) < 4.78 is 19.3. The zero-order valence-corrected chi connectivity index (χ0v) is 12.9. The number of benzene rings is 2. The molecule has 0 radical (unpaired) electrons. The highest BCUT2D eigenvalue weighted by atomic mass is 79.9. The molecule has 0 saturated carbocycles. The van der Waals surface area contributed by atoms with Gasteiger partial charge in [0.1, 0.15) is 18.2 Å². The number of nitrogens with zero attached hydrogens (tertiary/aromatic N) is 1. The van der Waals surface area contributed by atoms with Crippen LogP contribution in [0.4, 0.5) is 4.39 Å². The van der Waals surface area contributed by atoms with Crippen molar-refractivity contribution in [3.05, 3.63) is 63.4 Å². The topological polar surface area (TPSA) is 67.8 Å². The fraction of sp³-hybridized carbons (Fsp3) is 0.133. The molecule has 3 N–H and O–H groups in total. The molecule has 0 aliphatic heterocycles. The van der Waals surface area contributed by atoms with Crippen molar-refractivity contribution in [2.24, 2.45) is 10.9 Å². The Morgan fingerprint density at radius 2 is 2.10 bits per heavy atom. The van der Waals surface area contributed by atoms with Crippen LogP contribution >= 0.6 is 15.9 Å². The van der Waals surface area contributed by atoms with E-state index < -0.39 is 0 Å². The van der Waals surface area contributed by atoms with Crippen molar-refractivity contribution in [3.8, 4) is 5.75 Å². The number of rotatable bonds is 4. The first-order valence-electron chi connectivity index (χ1n) is 6.16. The predicted octanol–water partition coefficient (Wildman–Crippen LogP) is 3.57. The minimum Gasteiger partial charge on any atom is -0.489 e. The van der Waals surface area contributed by atoms with E-state index in [9.17, 15) is 4.39 Å². The largest absolute Gasteiger partial charge is 0.489 e. The van der Waals surface area contributed by atoms with Crippen molar-refractivity contribution in [3.63, 3.8) is 0 Å². The number of halogens is 2. The van der Waals surface area contributed by atoms with Crippen LogP contribution in [0.5, 0.6) is 5.75 Å². The van der Waals surface area contributed by atoms with Crippen molar-refractivity contribution in [1.82, 2.24) is 0 Å². The lowest BCUT2D eigenvalue weighted by molar-refractivity contribution is 0.303. The van der Waals surface area contributed by atoms with Crippen LogP contribution in [0, 0.1) is 12.7 Å². The summed E-state index contributed by atoms with van der Waals surface area (Å²) >= 11 is 3.09. The molecule has 0 fully saturated rings. The van der Waals surface area contributed by atoms with Crippen LogP contribution < -0.4 is 10.5 Å². The second-order valence-corrected chi connectivity index (χ2v) is 5.35. The minimum absolute atomic E-state index is 0.0561. The maximum atomic E-state index is 13.4. The number of ether oxygens (including phenoxy) is 1. The first kappa shape index (κ1) is 15.3. The second kappa shape index (κ2) is 6.58. The summed E-state index contributed by atoms with van der Waals surface area (Å²) in [5, 5.41) is 11.6. The van der Waals surface area contributed by atoms with E-state index in [0.29, 0.717) is 22.4 Å². The van der Waals surface area contributed by atoms with E-state index >= 15 is 0 Å². The van der Waals surface area contributed by atoms with E-state index in [1.807, 2.05) is 13.0 Å². The molecule has 0 aliphatic carbocycles. The monoisotopic (exact) mass is 352 g/mol. The SMILES string of the molecule is Cc1cc(/C(N)=N/O)ccc1COc1ccc(Br)c(F)c1. The van der Waals surface area contributed by atoms with Crippen molar-refractivity contribution >= 4 is 21.8 Å². The lowest BCUT2D eigenvalue weighted by atomic mass is 10.1. The van der Waals surface area contributed by atoms with Crippen LogP contribution in [0.15, 0.2) is 46.0 Å². The summed E-state index contributed by atoms with van der Waals surface area (Å²) in [6, 6.07) is 9.98. The normalized spacial score (nSPS) is 11.5. The summed E-state index contributed by atoms with van der Waals surface area (Å²) in [5.41, 5.74) is 8.04. The molecular formula is C15H14BrFN2O2. The summed E-state index contributed by atoms with van der Waals surface area (Å²) in [7, 11) is 0. The van der Waals surface area contributed by atoms with Crippen LogP contribution in [0.3, 0.4) is 0 Å². The minimum atomic E-state index is -0.369. The molecule has 0 amide bonds. The van der Waals surface area contributed by atoms with Gasteiger partial charge in [0.2, 0.25) is 0 Å². The number of hydrogen-bond donors (Lipinski definition) is 2. The zero-order valence-electron chi connectivity index (χ0n) is 11.3. The highest BCUT2D eigenvalue weighted by Gasteiger charge is 2.06. The summed E-state index contributed by atoms with van der Waals surface area (Å²) in [5.74, 6) is 0.141. The molecule has 0 unspecified atom stereocenters. The number of oxime groups is 1. The lowest BCUT2D eigenvalue weighted by Crippen LogP contribution is -2.13. The van der Waals surface area contributed by atoms with Gasteiger partial charge in [0.25, 0.3) is 0 Å². The van der Waals surface area contributed by atoms with Crippen LogP contribution in [-0.2, 0) is 6.61 Å². The number of aryl methyl sites for hydroxylation is 1. The quantitative estimate of drug-likeness (QED) is 0.382. The number of nitrogens with two attached hydrogens (primary N) is 1. The van der Waals surface area contributed by atoms with E-state index in [4.69, 9.17) is 15.7 Å². The Labute approximate surface area is 130 Å². The van der Waals surface area contributed by atoms with Crippen molar-refractivity contribution in [2.75, 3.05) is 0 Å². The molecule has 6 heteroatoms. The Morgan fingerprint density at radius 3 is 2.71 bits per heavy atom. The highest BCUT2D eigenvalue weighted by Crippen LogP contribution is 2.22. The van der Waals surface area contributed by atoms with Gasteiger partial charge in [-0.25, -0.2) is 4.39 Å². The standard InChI is InChI=1S/C15H14BrFN2O2/c1-9-6-10(15(18)19-20)2-3-11(9)8-21-12-4-5-13(16)14(17)7-12/h2-7,20H,8H2,1H3,(H2,18,19). The lowest BCUT2D eigenvalue weighted by Gasteiger charge is -2.10. The summed E-state index contributed by atoms with van der Waals surface area (Å²) in [6.07, 6.45) is 0. The van der Waals surface area contributed by atoms with Crippen molar-refractivity contribution in [2.45, 2.75) is 13.5 Å². The third kappa shape index (κ3) is 3.72. The summed E-state index contributed by atoms with van der Waals surface area (Å²) in [4.78, 5) is 0. The van der Waals surface area contributed by atoms with Gasteiger partial charge in [0, 0.05) is 11.6 Å². The van der Waals surface area contributed by atoms with Gasteiger partial charge >= 0.3 is 0 Å². The van der Waals surface area contributed by atoms with Gasteiger partial charge < -0.3 is 15.7 Å². The molecular weight excluding hydrogens is 339 g/mol. The van der Waals surface area contributed by atoms with Gasteiger partial charge in [-0.3, -0.25) is 0 Å². The van der Waals surface area contributed by atoms with Gasteiger partial charge in [0.15, 0.2) is 5.84 Å². The van der Waals surface area contributed by atoms with Crippen LogP contribution in [0.25, 0.3) is 0 Å². The summed E-state index contributed by atoms with van der Waals surface area (Å²) in [6.45, 7) is 2.21. The van der Waals surface area contributed by atoms with Gasteiger partial charge in [-0.1, -0.05) is 17.3 Å². The molecule has 2 rings (SSSR count). The molecule has 21 heavy (non-hydrogen) atoms. The number of amidine groups is 1. The Morgan fingerprint density at radius 1 is 1.33 bits per heavy atom. The molecule has 0 heterocycles. The van der Waals surface area contributed by atoms with E-state index in [-0.39, 0.29) is 11.7 Å². The van der Waals surface area contributed by atoms with Crippen molar-refractivity contribution < 1.29 is 14.3 Å². The van der Waals surface area contributed by atoms with Crippen LogP contribution in [0.1, 0.15) is 16.7 Å². The van der Waals surface area contributed by atoms with E-state index in [1.54, 1.807) is 24.3 Å². The Hall–Kier alpha value is -2.08. The van der Waals surface area contributed by atoms with E-state index in [2.05, 4.69) is 21.1 Å². The first-order chi connectivity index (χ1) is 10.0. The maximum Gasteiger partial charge on any atom is 0.170 e. The molecule has 2 aromatic carbocycles. The molecule has 0 atom stereocenters. The first-order valence-corrected chi connectivity index (χ1v) is 6.96. The second-order valence-electron chi connectivity index (χ2n) is 4.49. The number of hydrogen-bond acceptors (Lipinski definition) is 3. The van der Waals surface area contributed by atoms with Crippen LogP contribution in [0.2, 0.25) is 0 Å². The van der Waals surface area contributed by atoms with Crippen LogP contribution in [-0.4, -0.2) is 11.0 Å². The predicted molar refractivity (Wildman–Crippen MR) is 82.1 cm³/mol. The van der Waals surface area contributed by atoms with Gasteiger partial charge in [-0.15, -0.1) is 0 Å². The fourth-order valence-corrected chi connectivity index (χ4v) is 2.05. The molecule has 110 valence electrons. The third-order valence-corrected chi connectivity index (χ3v) is 3.67. The average Bonchev–Trinajstić information content (AvgIpc) is 2.48. The average molecular weight is 353 g/mol.